The van der Waals surface area contributed by atoms with Crippen LogP contribution >= 0.6 is 0 Å². The minimum Gasteiger partial charge on any atom is -0.292 e. The number of hydrogen-bond donors (Lipinski definition) is 1. The van der Waals surface area contributed by atoms with Crippen LogP contribution in [0.3, 0.4) is 0 Å². The standard InChI is InChI=1S/C31H59NO2/c1-3-5-7-9-11-13-15-16-17-19-21-23-25-27-31(33)30-28-29(34-32-30)26-24-22-20-18-14-12-10-8-6-4-2/h28-29,32H,3-27H2,1-2H3. The number of ketones is 1. The number of hydroxylamine groups is 1. The van der Waals surface area contributed by atoms with Crippen LogP contribution in [0.15, 0.2) is 11.8 Å². The number of allylic oxidation sites excluding steroid dienone is 1. The Morgan fingerprint density at radius 2 is 1.00 bits per heavy atom. The maximum absolute atomic E-state index is 12.4. The molecule has 0 aromatic heterocycles. The molecule has 0 radical (unpaired) electrons. The van der Waals surface area contributed by atoms with Gasteiger partial charge in [-0.25, -0.2) is 0 Å². The van der Waals surface area contributed by atoms with E-state index in [0.29, 0.717) is 12.1 Å². The number of carbonyl (C=O) groups is 1. The molecule has 1 heterocycles. The van der Waals surface area contributed by atoms with Crippen molar-refractivity contribution in [3.8, 4) is 0 Å². The van der Waals surface area contributed by atoms with Crippen LogP contribution < -0.4 is 5.48 Å². The van der Waals surface area contributed by atoms with Crippen LogP contribution in [0.25, 0.3) is 0 Å². The van der Waals surface area contributed by atoms with Crippen molar-refractivity contribution in [2.45, 2.75) is 180 Å². The fourth-order valence-corrected chi connectivity index (χ4v) is 4.96. The van der Waals surface area contributed by atoms with Crippen molar-refractivity contribution in [3.05, 3.63) is 11.8 Å². The molecule has 0 fully saturated rings. The Morgan fingerprint density at radius 1 is 0.618 bits per heavy atom. The second-order valence-electron chi connectivity index (χ2n) is 10.7. The summed E-state index contributed by atoms with van der Waals surface area (Å²) in [6, 6.07) is 0. The molecule has 1 aliphatic heterocycles. The molecule has 1 N–H and O–H groups in total. The van der Waals surface area contributed by atoms with Gasteiger partial charge in [-0.15, -0.1) is 0 Å². The number of hydrogen-bond acceptors (Lipinski definition) is 3. The number of Topliss-reactive ketones (excluding diaryl/α,β-unsaturated/α-hetero) is 1. The van der Waals surface area contributed by atoms with Gasteiger partial charge in [0, 0.05) is 6.42 Å². The molecule has 200 valence electrons. The molecule has 34 heavy (non-hydrogen) atoms. The van der Waals surface area contributed by atoms with Crippen molar-refractivity contribution in [3.63, 3.8) is 0 Å². The molecule has 0 saturated carbocycles. The normalized spacial score (nSPS) is 15.5. The predicted octanol–water partition coefficient (Wildman–Crippen LogP) is 10.1. The van der Waals surface area contributed by atoms with Gasteiger partial charge in [-0.2, -0.15) is 0 Å². The lowest BCUT2D eigenvalue weighted by Crippen LogP contribution is -2.16. The van der Waals surface area contributed by atoms with Crippen LogP contribution in [0.4, 0.5) is 0 Å². The van der Waals surface area contributed by atoms with Crippen LogP contribution in [-0.2, 0) is 9.63 Å². The summed E-state index contributed by atoms with van der Waals surface area (Å²) in [5.41, 5.74) is 3.60. The molecule has 1 aliphatic rings. The third-order valence-electron chi connectivity index (χ3n) is 7.32. The summed E-state index contributed by atoms with van der Waals surface area (Å²) >= 11 is 0. The molecule has 3 heteroatoms. The molecular formula is C31H59NO2. The van der Waals surface area contributed by atoms with Crippen molar-refractivity contribution in [1.82, 2.24) is 5.48 Å². The highest BCUT2D eigenvalue weighted by Gasteiger charge is 2.20. The SMILES string of the molecule is CCCCCCCCCCCCCCCC(=O)C1=CC(CCCCCCCCCCCC)ON1. The Hall–Kier alpha value is -0.830. The maximum atomic E-state index is 12.4. The summed E-state index contributed by atoms with van der Waals surface area (Å²) in [5, 5.41) is 0. The van der Waals surface area contributed by atoms with Crippen LogP contribution in [0.1, 0.15) is 174 Å². The third kappa shape index (κ3) is 18.5. The van der Waals surface area contributed by atoms with E-state index in [1.165, 1.54) is 141 Å². The summed E-state index contributed by atoms with van der Waals surface area (Å²) in [6.45, 7) is 4.56. The van der Waals surface area contributed by atoms with Gasteiger partial charge in [0.15, 0.2) is 5.78 Å². The lowest BCUT2D eigenvalue weighted by atomic mass is 10.0. The molecule has 1 rings (SSSR count). The highest BCUT2D eigenvalue weighted by atomic mass is 16.7. The van der Waals surface area contributed by atoms with E-state index in [1.807, 2.05) is 6.08 Å². The predicted molar refractivity (Wildman–Crippen MR) is 148 cm³/mol. The van der Waals surface area contributed by atoms with Gasteiger partial charge in [0.05, 0.1) is 0 Å². The van der Waals surface area contributed by atoms with Gasteiger partial charge in [0.1, 0.15) is 11.8 Å². The number of unbranched alkanes of at least 4 members (excludes halogenated alkanes) is 21. The second-order valence-corrected chi connectivity index (χ2v) is 10.7. The fraction of sp³-hybridized carbons (Fsp3) is 0.903. The summed E-state index contributed by atoms with van der Waals surface area (Å²) in [4.78, 5) is 18.0. The van der Waals surface area contributed by atoms with E-state index in [4.69, 9.17) is 4.84 Å². The fourth-order valence-electron chi connectivity index (χ4n) is 4.96. The molecule has 0 spiro atoms. The van der Waals surface area contributed by atoms with Gasteiger partial charge >= 0.3 is 0 Å². The zero-order chi connectivity index (χ0) is 24.5. The molecule has 0 aromatic rings. The summed E-state index contributed by atoms with van der Waals surface area (Å²) in [5.74, 6) is 0.230. The average Bonchev–Trinajstić information content (AvgIpc) is 3.32. The molecular weight excluding hydrogens is 418 g/mol. The van der Waals surface area contributed by atoms with Gasteiger partial charge < -0.3 is 0 Å². The summed E-state index contributed by atoms with van der Waals surface area (Å²) in [6.07, 6.45) is 34.7. The van der Waals surface area contributed by atoms with E-state index < -0.39 is 0 Å². The first-order valence-electron chi connectivity index (χ1n) is 15.4. The van der Waals surface area contributed by atoms with E-state index in [2.05, 4.69) is 19.3 Å². The average molecular weight is 478 g/mol. The number of carbonyl (C=O) groups excluding carboxylic acids is 1. The Morgan fingerprint density at radius 3 is 1.44 bits per heavy atom. The first-order valence-corrected chi connectivity index (χ1v) is 15.4. The molecule has 1 unspecified atom stereocenters. The Balaban J connectivity index is 1.89. The minimum atomic E-state index is 0.0830. The number of rotatable bonds is 26. The number of nitrogens with one attached hydrogen (secondary N) is 1. The largest absolute Gasteiger partial charge is 0.292 e. The van der Waals surface area contributed by atoms with E-state index in [-0.39, 0.29) is 11.9 Å². The van der Waals surface area contributed by atoms with Crippen LogP contribution in [0.2, 0.25) is 0 Å². The van der Waals surface area contributed by atoms with Gasteiger partial charge in [-0.1, -0.05) is 155 Å². The van der Waals surface area contributed by atoms with E-state index in [0.717, 1.165) is 12.8 Å². The lowest BCUT2D eigenvalue weighted by Gasteiger charge is -2.07. The molecule has 0 aromatic carbocycles. The topological polar surface area (TPSA) is 38.3 Å². The molecule has 3 nitrogen and oxygen atoms in total. The molecule has 0 bridgehead atoms. The first kappa shape index (κ1) is 31.2. The van der Waals surface area contributed by atoms with E-state index in [9.17, 15) is 4.79 Å². The van der Waals surface area contributed by atoms with Crippen molar-refractivity contribution in [1.29, 1.82) is 0 Å². The highest BCUT2D eigenvalue weighted by Crippen LogP contribution is 2.18. The molecule has 0 amide bonds. The molecule has 0 aliphatic carbocycles. The van der Waals surface area contributed by atoms with Crippen molar-refractivity contribution >= 4 is 5.78 Å². The van der Waals surface area contributed by atoms with Crippen molar-refractivity contribution in [2.24, 2.45) is 0 Å². The Labute approximate surface area is 213 Å². The third-order valence-corrected chi connectivity index (χ3v) is 7.32. The van der Waals surface area contributed by atoms with Crippen molar-refractivity contribution in [2.75, 3.05) is 0 Å². The van der Waals surface area contributed by atoms with Gasteiger partial charge in [-0.3, -0.25) is 15.1 Å². The second kappa shape index (κ2) is 23.9. The summed E-state index contributed by atoms with van der Waals surface area (Å²) < 4.78 is 0. The van der Waals surface area contributed by atoms with Gasteiger partial charge in [-0.05, 0) is 18.9 Å². The van der Waals surface area contributed by atoms with Crippen molar-refractivity contribution < 1.29 is 9.63 Å². The lowest BCUT2D eigenvalue weighted by molar-refractivity contribution is -0.117. The monoisotopic (exact) mass is 477 g/mol. The molecule has 1 atom stereocenters. The zero-order valence-corrected chi connectivity index (χ0v) is 23.1. The Kier molecular flexibility index (Phi) is 21.9. The Bertz CT molecular complexity index is 488. The first-order chi connectivity index (χ1) is 16.8. The minimum absolute atomic E-state index is 0.0830. The van der Waals surface area contributed by atoms with Gasteiger partial charge in [0.25, 0.3) is 0 Å². The van der Waals surface area contributed by atoms with E-state index >= 15 is 0 Å². The summed E-state index contributed by atoms with van der Waals surface area (Å²) in [7, 11) is 0. The van der Waals surface area contributed by atoms with Crippen LogP contribution in [0.5, 0.6) is 0 Å². The van der Waals surface area contributed by atoms with E-state index in [1.54, 1.807) is 0 Å². The quantitative estimate of drug-likeness (QED) is 0.126. The highest BCUT2D eigenvalue weighted by molar-refractivity contribution is 5.94. The smallest absolute Gasteiger partial charge is 0.180 e. The van der Waals surface area contributed by atoms with Gasteiger partial charge in [0.2, 0.25) is 0 Å². The van der Waals surface area contributed by atoms with Crippen LogP contribution in [0, 0.1) is 0 Å². The molecule has 0 saturated heterocycles. The van der Waals surface area contributed by atoms with Crippen LogP contribution in [-0.4, -0.2) is 11.9 Å². The zero-order valence-electron chi connectivity index (χ0n) is 23.1. The maximum Gasteiger partial charge on any atom is 0.180 e.